The Morgan fingerprint density at radius 1 is 1.22 bits per heavy atom. The van der Waals surface area contributed by atoms with E-state index in [1.165, 1.54) is 43.9 Å². The molecule has 0 radical (unpaired) electrons. The smallest absolute Gasteiger partial charge is 0.233 e. The third kappa shape index (κ3) is 5.08. The van der Waals surface area contributed by atoms with Crippen LogP contribution < -0.4 is 5.32 Å². The van der Waals surface area contributed by atoms with Crippen molar-refractivity contribution >= 4 is 34.1 Å². The van der Waals surface area contributed by atoms with Crippen LogP contribution in [-0.2, 0) is 4.79 Å². The average Bonchev–Trinajstić information content (AvgIpc) is 3.02. The first-order chi connectivity index (χ1) is 11.2. The van der Waals surface area contributed by atoms with E-state index in [1.807, 2.05) is 4.90 Å². The van der Waals surface area contributed by atoms with E-state index in [9.17, 15) is 4.79 Å². The maximum Gasteiger partial charge on any atom is 0.233 e. The van der Waals surface area contributed by atoms with Crippen LogP contribution in [0.15, 0.2) is 4.34 Å². The number of carbonyl (C=O) groups excluding carboxylic acids is 1. The van der Waals surface area contributed by atoms with Gasteiger partial charge in [-0.05, 0) is 31.6 Å². The molecule has 0 bridgehead atoms. The van der Waals surface area contributed by atoms with E-state index in [0.717, 1.165) is 41.3 Å². The molecular formula is C16H26N4OS2. The van der Waals surface area contributed by atoms with Gasteiger partial charge in [-0.1, -0.05) is 49.3 Å². The Kier molecular flexibility index (Phi) is 6.16. The van der Waals surface area contributed by atoms with Crippen molar-refractivity contribution in [1.82, 2.24) is 15.1 Å². The van der Waals surface area contributed by atoms with E-state index in [0.29, 0.717) is 11.8 Å². The summed E-state index contributed by atoms with van der Waals surface area (Å²) in [4.78, 5) is 14.2. The van der Waals surface area contributed by atoms with Gasteiger partial charge in [0.2, 0.25) is 11.0 Å². The van der Waals surface area contributed by atoms with E-state index in [1.54, 1.807) is 11.3 Å². The number of piperidine rings is 1. The van der Waals surface area contributed by atoms with Gasteiger partial charge in [-0.25, -0.2) is 0 Å². The second kappa shape index (κ2) is 8.33. The molecule has 0 unspecified atom stereocenters. The van der Waals surface area contributed by atoms with Crippen molar-refractivity contribution in [2.45, 2.75) is 62.3 Å². The Morgan fingerprint density at radius 2 is 1.96 bits per heavy atom. The lowest BCUT2D eigenvalue weighted by Gasteiger charge is -2.30. The molecule has 7 heteroatoms. The van der Waals surface area contributed by atoms with Gasteiger partial charge in [0, 0.05) is 19.1 Å². The molecular weight excluding hydrogens is 328 g/mol. The molecule has 23 heavy (non-hydrogen) atoms. The Hall–Kier alpha value is -0.820. The number of thioether (sulfide) groups is 1. The molecule has 1 saturated carbocycles. The highest BCUT2D eigenvalue weighted by Crippen LogP contribution is 2.28. The van der Waals surface area contributed by atoms with Gasteiger partial charge in [0.05, 0.1) is 5.75 Å². The Morgan fingerprint density at radius 3 is 2.70 bits per heavy atom. The van der Waals surface area contributed by atoms with Crippen LogP contribution in [0, 0.1) is 5.92 Å². The number of amides is 1. The zero-order valence-electron chi connectivity index (χ0n) is 13.8. The summed E-state index contributed by atoms with van der Waals surface area (Å²) in [7, 11) is 0. The van der Waals surface area contributed by atoms with Crippen molar-refractivity contribution in [1.29, 1.82) is 0 Å². The minimum Gasteiger partial charge on any atom is -0.357 e. The average molecular weight is 355 g/mol. The van der Waals surface area contributed by atoms with Crippen LogP contribution in [0.2, 0.25) is 0 Å². The number of carbonyl (C=O) groups is 1. The summed E-state index contributed by atoms with van der Waals surface area (Å²) in [6.07, 6.45) is 8.69. The molecule has 5 nitrogen and oxygen atoms in total. The fourth-order valence-electron chi connectivity index (χ4n) is 3.22. The molecule has 0 aromatic carbocycles. The van der Waals surface area contributed by atoms with Gasteiger partial charge in [0.1, 0.15) is 0 Å². The van der Waals surface area contributed by atoms with Crippen molar-refractivity contribution < 1.29 is 4.79 Å². The minimum absolute atomic E-state index is 0.235. The third-order valence-electron chi connectivity index (χ3n) is 4.79. The molecule has 1 N–H and O–H groups in total. The normalized spacial score (nSPS) is 20.7. The summed E-state index contributed by atoms with van der Waals surface area (Å²) in [6, 6.07) is 0.548. The van der Waals surface area contributed by atoms with Crippen LogP contribution in [-0.4, -0.2) is 45.9 Å². The van der Waals surface area contributed by atoms with Gasteiger partial charge in [-0.2, -0.15) is 0 Å². The van der Waals surface area contributed by atoms with Gasteiger partial charge in [0.15, 0.2) is 4.34 Å². The van der Waals surface area contributed by atoms with Gasteiger partial charge in [0.25, 0.3) is 0 Å². The lowest BCUT2D eigenvalue weighted by molar-refractivity contribution is -0.129. The topological polar surface area (TPSA) is 58.1 Å². The fraction of sp³-hybridized carbons (Fsp3) is 0.812. The highest BCUT2D eigenvalue weighted by atomic mass is 32.2. The van der Waals surface area contributed by atoms with E-state index >= 15 is 0 Å². The number of aromatic nitrogens is 2. The van der Waals surface area contributed by atoms with Crippen molar-refractivity contribution in [2.24, 2.45) is 5.92 Å². The largest absolute Gasteiger partial charge is 0.357 e. The predicted octanol–water partition coefficient (Wildman–Crippen LogP) is 3.63. The molecule has 128 valence electrons. The van der Waals surface area contributed by atoms with E-state index < -0.39 is 0 Å². The Bertz CT molecular complexity index is 508. The first-order valence-electron chi connectivity index (χ1n) is 8.71. The number of nitrogens with one attached hydrogen (secondary N) is 1. The lowest BCUT2D eigenvalue weighted by Crippen LogP contribution is -2.38. The van der Waals surface area contributed by atoms with E-state index in [4.69, 9.17) is 0 Å². The minimum atomic E-state index is 0.235. The van der Waals surface area contributed by atoms with E-state index in [-0.39, 0.29) is 5.91 Å². The summed E-state index contributed by atoms with van der Waals surface area (Å²) in [6.45, 7) is 4.08. The summed E-state index contributed by atoms with van der Waals surface area (Å²) in [5, 5.41) is 12.8. The predicted molar refractivity (Wildman–Crippen MR) is 96.1 cm³/mol. The molecule has 1 aromatic heterocycles. The maximum atomic E-state index is 12.2. The number of likely N-dealkylation sites (tertiary alicyclic amines) is 1. The van der Waals surface area contributed by atoms with Gasteiger partial charge >= 0.3 is 0 Å². The van der Waals surface area contributed by atoms with E-state index in [2.05, 4.69) is 22.4 Å². The number of rotatable bonds is 5. The standard InChI is InChI=1S/C16H26N4OS2/c1-12-7-9-20(10-8-12)14(21)11-22-16-19-18-15(23-16)17-13-5-3-2-4-6-13/h12-13H,2-11H2,1H3,(H,17,18). The molecule has 0 spiro atoms. The second-order valence-corrected chi connectivity index (χ2v) is 8.90. The number of hydrogen-bond acceptors (Lipinski definition) is 6. The molecule has 2 fully saturated rings. The Labute approximate surface area is 146 Å². The summed E-state index contributed by atoms with van der Waals surface area (Å²) in [5.74, 6) is 1.47. The summed E-state index contributed by atoms with van der Waals surface area (Å²) >= 11 is 3.09. The van der Waals surface area contributed by atoms with Crippen LogP contribution in [0.4, 0.5) is 5.13 Å². The SMILES string of the molecule is CC1CCN(C(=O)CSc2nnc(NC3CCCCC3)s2)CC1. The fourth-order valence-corrected chi connectivity index (χ4v) is 4.95. The summed E-state index contributed by atoms with van der Waals surface area (Å²) < 4.78 is 0.891. The van der Waals surface area contributed by atoms with Crippen molar-refractivity contribution in [2.75, 3.05) is 24.2 Å². The molecule has 1 saturated heterocycles. The number of anilines is 1. The van der Waals surface area contributed by atoms with Crippen LogP contribution in [0.3, 0.4) is 0 Å². The monoisotopic (exact) mass is 354 g/mol. The molecule has 0 atom stereocenters. The molecule has 2 aliphatic rings. The molecule has 2 heterocycles. The zero-order valence-corrected chi connectivity index (χ0v) is 15.4. The quantitative estimate of drug-likeness (QED) is 0.818. The number of nitrogens with zero attached hydrogens (tertiary/aromatic N) is 3. The molecule has 1 aliphatic carbocycles. The van der Waals surface area contributed by atoms with Crippen molar-refractivity contribution in [3.05, 3.63) is 0 Å². The van der Waals surface area contributed by atoms with Crippen molar-refractivity contribution in [3.8, 4) is 0 Å². The highest BCUT2D eigenvalue weighted by Gasteiger charge is 2.21. The highest BCUT2D eigenvalue weighted by molar-refractivity contribution is 8.01. The van der Waals surface area contributed by atoms with Crippen molar-refractivity contribution in [3.63, 3.8) is 0 Å². The maximum absolute atomic E-state index is 12.2. The first kappa shape index (κ1) is 17.0. The molecule has 1 aromatic rings. The molecule has 3 rings (SSSR count). The van der Waals surface area contributed by atoms with Crippen LogP contribution in [0.1, 0.15) is 51.9 Å². The van der Waals surface area contributed by atoms with Gasteiger partial charge in [-0.15, -0.1) is 10.2 Å². The van der Waals surface area contributed by atoms with Gasteiger partial charge < -0.3 is 10.2 Å². The van der Waals surface area contributed by atoms with Crippen LogP contribution >= 0.6 is 23.1 Å². The lowest BCUT2D eigenvalue weighted by atomic mass is 9.96. The zero-order chi connectivity index (χ0) is 16.1. The van der Waals surface area contributed by atoms with Crippen LogP contribution in [0.25, 0.3) is 0 Å². The van der Waals surface area contributed by atoms with Gasteiger partial charge in [-0.3, -0.25) is 4.79 Å². The Balaban J connectivity index is 1.42. The third-order valence-corrected chi connectivity index (χ3v) is 6.77. The second-order valence-electron chi connectivity index (χ2n) is 6.70. The molecule has 1 amide bonds. The first-order valence-corrected chi connectivity index (χ1v) is 10.5. The van der Waals surface area contributed by atoms with Crippen LogP contribution in [0.5, 0.6) is 0 Å². The number of hydrogen-bond donors (Lipinski definition) is 1. The summed E-state index contributed by atoms with van der Waals surface area (Å²) in [5.41, 5.74) is 0. The molecule has 1 aliphatic heterocycles.